The van der Waals surface area contributed by atoms with E-state index in [1.54, 1.807) is 0 Å². The average molecular weight is 320 g/mol. The largest absolute Gasteiger partial charge is 0.302 e. The van der Waals surface area contributed by atoms with Gasteiger partial charge in [-0.3, -0.25) is 0 Å². The van der Waals surface area contributed by atoms with E-state index in [0.717, 1.165) is 27.3 Å². The van der Waals surface area contributed by atoms with Gasteiger partial charge in [0.15, 0.2) is 0 Å². The Bertz CT molecular complexity index is 792. The number of imidazole rings is 1. The first-order valence-electron chi connectivity index (χ1n) is 5.68. The summed E-state index contributed by atoms with van der Waals surface area (Å²) in [6, 6.07) is 10.2. The van der Waals surface area contributed by atoms with Crippen molar-refractivity contribution in [2.24, 2.45) is 0 Å². The number of pyridine rings is 1. The van der Waals surface area contributed by atoms with Crippen LogP contribution in [0.15, 0.2) is 41.0 Å². The number of rotatable bonds is 0. The number of nitrogens with zero attached hydrogens (tertiary/aromatic N) is 2. The summed E-state index contributed by atoms with van der Waals surface area (Å²) in [5, 5.41) is 0.736. The van der Waals surface area contributed by atoms with Crippen LogP contribution in [0.3, 0.4) is 0 Å². The van der Waals surface area contributed by atoms with Gasteiger partial charge >= 0.3 is 0 Å². The molecular weight excluding hydrogens is 312 g/mol. The summed E-state index contributed by atoms with van der Waals surface area (Å²) in [6.07, 6.45) is 2.84. The Morgan fingerprint density at radius 3 is 3.00 bits per heavy atom. The van der Waals surface area contributed by atoms with Crippen molar-refractivity contribution >= 4 is 33.2 Å². The van der Waals surface area contributed by atoms with Gasteiger partial charge in [-0.2, -0.15) is 0 Å². The van der Waals surface area contributed by atoms with Crippen LogP contribution in [0, 0.1) is 0 Å². The minimum absolute atomic E-state index is 0.736. The molecule has 0 bridgehead atoms. The molecule has 0 saturated carbocycles. The molecule has 0 amide bonds. The lowest BCUT2D eigenvalue weighted by Gasteiger charge is -2.00. The maximum absolute atomic E-state index is 6.06. The van der Waals surface area contributed by atoms with Gasteiger partial charge in [-0.05, 0) is 29.8 Å². The second kappa shape index (κ2) is 3.59. The summed E-state index contributed by atoms with van der Waals surface area (Å²) in [6.45, 7) is 0. The third-order valence-corrected chi connectivity index (χ3v) is 4.08. The van der Waals surface area contributed by atoms with Gasteiger partial charge in [0, 0.05) is 22.7 Å². The van der Waals surface area contributed by atoms with E-state index in [-0.39, 0.29) is 0 Å². The molecule has 2 aromatic heterocycles. The van der Waals surface area contributed by atoms with Crippen LogP contribution in [0.5, 0.6) is 0 Å². The monoisotopic (exact) mass is 318 g/mol. The van der Waals surface area contributed by atoms with Crippen LogP contribution < -0.4 is 0 Å². The molecule has 88 valence electrons. The van der Waals surface area contributed by atoms with Crippen LogP contribution in [0.2, 0.25) is 5.02 Å². The van der Waals surface area contributed by atoms with Gasteiger partial charge in [-0.1, -0.05) is 33.6 Å². The summed E-state index contributed by atoms with van der Waals surface area (Å²) in [5.74, 6) is 0. The highest BCUT2D eigenvalue weighted by Gasteiger charge is 2.24. The van der Waals surface area contributed by atoms with Gasteiger partial charge in [0.1, 0.15) is 5.65 Å². The van der Waals surface area contributed by atoms with E-state index in [9.17, 15) is 0 Å². The number of aromatic nitrogens is 2. The zero-order valence-corrected chi connectivity index (χ0v) is 11.7. The predicted octanol–water partition coefficient (Wildman–Crippen LogP) is 4.32. The highest BCUT2D eigenvalue weighted by atomic mass is 79.9. The number of hydrogen-bond donors (Lipinski definition) is 0. The van der Waals surface area contributed by atoms with Crippen molar-refractivity contribution in [3.05, 3.63) is 57.3 Å². The molecule has 3 aromatic rings. The van der Waals surface area contributed by atoms with E-state index >= 15 is 0 Å². The van der Waals surface area contributed by atoms with E-state index in [0.29, 0.717) is 0 Å². The van der Waals surface area contributed by atoms with E-state index < -0.39 is 0 Å². The smallest absolute Gasteiger partial charge is 0.137 e. The molecule has 0 saturated heterocycles. The fourth-order valence-corrected chi connectivity index (χ4v) is 3.14. The molecule has 4 rings (SSSR count). The van der Waals surface area contributed by atoms with Crippen LogP contribution in [0.4, 0.5) is 0 Å². The lowest BCUT2D eigenvalue weighted by atomic mass is 10.1. The Morgan fingerprint density at radius 1 is 1.22 bits per heavy atom. The molecule has 0 N–H and O–H groups in total. The number of fused-ring (bicyclic) bond motifs is 5. The fourth-order valence-electron chi connectivity index (χ4n) is 2.57. The number of hydrogen-bond acceptors (Lipinski definition) is 1. The molecule has 1 aliphatic carbocycles. The molecule has 1 aromatic carbocycles. The van der Waals surface area contributed by atoms with E-state index in [1.165, 1.54) is 16.8 Å². The van der Waals surface area contributed by atoms with Gasteiger partial charge in [0.2, 0.25) is 0 Å². The lowest BCUT2D eigenvalue weighted by molar-refractivity contribution is 1.05. The molecule has 0 aliphatic heterocycles. The van der Waals surface area contributed by atoms with Crippen molar-refractivity contribution in [2.45, 2.75) is 6.42 Å². The fraction of sp³-hybridized carbons (Fsp3) is 0.0714. The highest BCUT2D eigenvalue weighted by Crippen LogP contribution is 2.37. The summed E-state index contributed by atoms with van der Waals surface area (Å²) in [4.78, 5) is 4.69. The predicted molar refractivity (Wildman–Crippen MR) is 76.1 cm³/mol. The topological polar surface area (TPSA) is 17.3 Å². The second-order valence-electron chi connectivity index (χ2n) is 4.46. The Balaban J connectivity index is 2.04. The minimum atomic E-state index is 0.736. The molecule has 0 atom stereocenters. The Kier molecular flexibility index (Phi) is 2.11. The van der Waals surface area contributed by atoms with E-state index in [4.69, 9.17) is 16.6 Å². The van der Waals surface area contributed by atoms with E-state index in [1.807, 2.05) is 18.3 Å². The number of halogens is 2. The lowest BCUT2D eigenvalue weighted by Crippen LogP contribution is -1.91. The summed E-state index contributed by atoms with van der Waals surface area (Å²) < 4.78 is 3.20. The quantitative estimate of drug-likeness (QED) is 0.472. The first-order valence-corrected chi connectivity index (χ1v) is 6.85. The van der Waals surface area contributed by atoms with Crippen molar-refractivity contribution in [3.63, 3.8) is 0 Å². The van der Waals surface area contributed by atoms with Crippen LogP contribution in [0.25, 0.3) is 16.9 Å². The van der Waals surface area contributed by atoms with E-state index in [2.05, 4.69) is 38.5 Å². The summed E-state index contributed by atoms with van der Waals surface area (Å²) in [7, 11) is 0. The molecule has 0 spiro atoms. The average Bonchev–Trinajstić information content (AvgIpc) is 2.84. The third-order valence-electron chi connectivity index (χ3n) is 3.36. The standard InChI is InChI=1S/C14H8BrClN2/c15-9-1-3-11-8(5-9)6-12-14(11)17-13-4-2-10(16)7-18(12)13/h1-5,7H,6H2. The van der Waals surface area contributed by atoms with Gasteiger partial charge < -0.3 is 4.40 Å². The third kappa shape index (κ3) is 1.38. The van der Waals surface area contributed by atoms with Crippen LogP contribution in [-0.2, 0) is 6.42 Å². The maximum Gasteiger partial charge on any atom is 0.137 e. The second-order valence-corrected chi connectivity index (χ2v) is 5.81. The van der Waals surface area contributed by atoms with Crippen molar-refractivity contribution in [1.29, 1.82) is 0 Å². The summed E-state index contributed by atoms with van der Waals surface area (Å²) >= 11 is 9.57. The Morgan fingerprint density at radius 2 is 2.11 bits per heavy atom. The van der Waals surface area contributed by atoms with Crippen molar-refractivity contribution in [1.82, 2.24) is 9.38 Å². The normalized spacial score (nSPS) is 12.8. The molecular formula is C14H8BrClN2. The van der Waals surface area contributed by atoms with Crippen LogP contribution >= 0.6 is 27.5 Å². The SMILES string of the molecule is Clc1ccc2nc3c(n2c1)Cc1cc(Br)ccc1-3. The molecule has 0 fully saturated rings. The van der Waals surface area contributed by atoms with Crippen molar-refractivity contribution in [3.8, 4) is 11.3 Å². The molecule has 1 aliphatic rings. The van der Waals surface area contributed by atoms with Gasteiger partial charge in [0.05, 0.1) is 16.4 Å². The Hall–Kier alpha value is -1.32. The Labute approximate surface area is 117 Å². The van der Waals surface area contributed by atoms with Crippen LogP contribution in [-0.4, -0.2) is 9.38 Å². The first-order chi connectivity index (χ1) is 8.72. The molecule has 0 unspecified atom stereocenters. The molecule has 4 heteroatoms. The first kappa shape index (κ1) is 10.6. The van der Waals surface area contributed by atoms with Crippen LogP contribution in [0.1, 0.15) is 11.3 Å². The molecule has 18 heavy (non-hydrogen) atoms. The maximum atomic E-state index is 6.06. The summed E-state index contributed by atoms with van der Waals surface area (Å²) in [5.41, 5.74) is 5.81. The van der Waals surface area contributed by atoms with Gasteiger partial charge in [0.25, 0.3) is 0 Å². The number of benzene rings is 1. The zero-order valence-electron chi connectivity index (χ0n) is 9.32. The highest BCUT2D eigenvalue weighted by molar-refractivity contribution is 9.10. The van der Waals surface area contributed by atoms with Gasteiger partial charge in [-0.15, -0.1) is 0 Å². The van der Waals surface area contributed by atoms with Gasteiger partial charge in [-0.25, -0.2) is 4.98 Å². The molecule has 2 heterocycles. The minimum Gasteiger partial charge on any atom is -0.302 e. The molecule has 2 nitrogen and oxygen atoms in total. The molecule has 0 radical (unpaired) electrons. The van der Waals surface area contributed by atoms with Crippen molar-refractivity contribution < 1.29 is 0 Å². The van der Waals surface area contributed by atoms with Crippen molar-refractivity contribution in [2.75, 3.05) is 0 Å². The zero-order chi connectivity index (χ0) is 12.3.